The van der Waals surface area contributed by atoms with Crippen molar-refractivity contribution in [3.05, 3.63) is 48.0 Å². The molecule has 2 rings (SSSR count). The topological polar surface area (TPSA) is 91.6 Å². The fourth-order valence-corrected chi connectivity index (χ4v) is 2.00. The van der Waals surface area contributed by atoms with Crippen LogP contribution in [0.15, 0.2) is 40.8 Å². The zero-order chi connectivity index (χ0) is 17.7. The summed E-state index contributed by atoms with van der Waals surface area (Å²) in [5.41, 5.74) is 0.511. The number of aliphatic hydroxyl groups excluding tert-OH is 1. The largest absolute Gasteiger partial charge is 0.451 e. The Hall–Kier alpha value is -2.67. The van der Waals surface area contributed by atoms with E-state index in [1.54, 1.807) is 25.1 Å². The number of hydrogen-bond donors (Lipinski definition) is 3. The Morgan fingerprint density at radius 1 is 1.21 bits per heavy atom. The number of hydrogen-bond acceptors (Lipinski definition) is 4. The van der Waals surface area contributed by atoms with E-state index in [4.69, 9.17) is 9.52 Å². The van der Waals surface area contributed by atoms with Gasteiger partial charge >= 0.3 is 0 Å². The summed E-state index contributed by atoms with van der Waals surface area (Å²) in [6.07, 6.45) is 0. The van der Waals surface area contributed by atoms with Gasteiger partial charge in [0.25, 0.3) is 5.91 Å². The number of amides is 2. The predicted molar refractivity (Wildman–Crippen MR) is 85.7 cm³/mol. The molecule has 0 unspecified atom stereocenters. The standard InChI is InChI=1S/C17H19FN2O4/c1-10(9-21)19-16(22)11(2)20-17(23)15-7-6-14(24-15)12-4-3-5-13(18)8-12/h3-8,10-11,21H,9H2,1-2H3,(H,19,22)(H,20,23)/t10-,11-/m0/s1. The lowest BCUT2D eigenvalue weighted by molar-refractivity contribution is -0.123. The van der Waals surface area contributed by atoms with Gasteiger partial charge < -0.3 is 20.2 Å². The molecule has 2 aromatic rings. The minimum absolute atomic E-state index is 0.0177. The molecular weight excluding hydrogens is 315 g/mol. The second-order valence-corrected chi connectivity index (χ2v) is 5.46. The highest BCUT2D eigenvalue weighted by atomic mass is 19.1. The van der Waals surface area contributed by atoms with Crippen molar-refractivity contribution in [2.75, 3.05) is 6.61 Å². The minimum atomic E-state index is -0.797. The predicted octanol–water partition coefficient (Wildman–Crippen LogP) is 1.70. The first-order chi connectivity index (χ1) is 11.4. The van der Waals surface area contributed by atoms with E-state index in [1.165, 1.54) is 25.1 Å². The summed E-state index contributed by atoms with van der Waals surface area (Å²) in [7, 11) is 0. The maximum absolute atomic E-state index is 13.2. The van der Waals surface area contributed by atoms with Gasteiger partial charge in [0.1, 0.15) is 17.6 Å². The normalized spacial score (nSPS) is 13.2. The molecule has 0 bridgehead atoms. The second kappa shape index (κ2) is 7.74. The average Bonchev–Trinajstić information content (AvgIpc) is 3.04. The van der Waals surface area contributed by atoms with E-state index in [-0.39, 0.29) is 12.4 Å². The van der Waals surface area contributed by atoms with Gasteiger partial charge in [-0.05, 0) is 38.1 Å². The summed E-state index contributed by atoms with van der Waals surface area (Å²) in [4.78, 5) is 24.0. The van der Waals surface area contributed by atoms with E-state index in [0.29, 0.717) is 11.3 Å². The lowest BCUT2D eigenvalue weighted by Crippen LogP contribution is -2.48. The van der Waals surface area contributed by atoms with Crippen LogP contribution < -0.4 is 10.6 Å². The molecular formula is C17H19FN2O4. The Bertz CT molecular complexity index is 729. The Labute approximate surface area is 138 Å². The molecule has 0 fully saturated rings. The summed E-state index contributed by atoms with van der Waals surface area (Å²) >= 11 is 0. The van der Waals surface area contributed by atoms with Crippen molar-refractivity contribution in [2.45, 2.75) is 25.9 Å². The Balaban J connectivity index is 2.02. The molecule has 2 atom stereocenters. The summed E-state index contributed by atoms with van der Waals surface area (Å²) in [6, 6.07) is 7.63. The molecule has 0 spiro atoms. The van der Waals surface area contributed by atoms with Crippen molar-refractivity contribution in [1.29, 1.82) is 0 Å². The third-order valence-electron chi connectivity index (χ3n) is 3.34. The minimum Gasteiger partial charge on any atom is -0.451 e. The molecule has 0 aliphatic carbocycles. The highest BCUT2D eigenvalue weighted by molar-refractivity contribution is 5.95. The number of furan rings is 1. The van der Waals surface area contributed by atoms with Crippen LogP contribution >= 0.6 is 0 Å². The maximum Gasteiger partial charge on any atom is 0.287 e. The van der Waals surface area contributed by atoms with Gasteiger partial charge in [-0.1, -0.05) is 12.1 Å². The summed E-state index contributed by atoms with van der Waals surface area (Å²) < 4.78 is 18.6. The first kappa shape index (κ1) is 17.7. The molecule has 0 saturated carbocycles. The molecule has 1 heterocycles. The molecule has 128 valence electrons. The monoisotopic (exact) mass is 334 g/mol. The molecule has 0 aliphatic rings. The van der Waals surface area contributed by atoms with Crippen LogP contribution in [0.25, 0.3) is 11.3 Å². The Morgan fingerprint density at radius 2 is 1.96 bits per heavy atom. The second-order valence-electron chi connectivity index (χ2n) is 5.46. The third kappa shape index (κ3) is 4.42. The molecule has 0 radical (unpaired) electrons. The zero-order valence-electron chi connectivity index (χ0n) is 13.4. The molecule has 6 nitrogen and oxygen atoms in total. The first-order valence-electron chi connectivity index (χ1n) is 7.48. The van der Waals surface area contributed by atoms with Crippen molar-refractivity contribution < 1.29 is 23.5 Å². The molecule has 24 heavy (non-hydrogen) atoms. The van der Waals surface area contributed by atoms with Crippen LogP contribution in [0.2, 0.25) is 0 Å². The number of carbonyl (C=O) groups is 2. The maximum atomic E-state index is 13.2. The zero-order valence-corrected chi connectivity index (χ0v) is 13.4. The van der Waals surface area contributed by atoms with Gasteiger partial charge in [0.2, 0.25) is 5.91 Å². The van der Waals surface area contributed by atoms with E-state index in [2.05, 4.69) is 10.6 Å². The first-order valence-corrected chi connectivity index (χ1v) is 7.48. The molecule has 1 aromatic carbocycles. The van der Waals surface area contributed by atoms with Gasteiger partial charge in [0.05, 0.1) is 6.61 Å². The van der Waals surface area contributed by atoms with Crippen LogP contribution in [0.5, 0.6) is 0 Å². The fraction of sp³-hybridized carbons (Fsp3) is 0.294. The molecule has 0 aliphatic heterocycles. The average molecular weight is 334 g/mol. The van der Waals surface area contributed by atoms with E-state index in [1.807, 2.05) is 0 Å². The van der Waals surface area contributed by atoms with Crippen molar-refractivity contribution in [2.24, 2.45) is 0 Å². The van der Waals surface area contributed by atoms with Crippen molar-refractivity contribution >= 4 is 11.8 Å². The van der Waals surface area contributed by atoms with Crippen molar-refractivity contribution in [3.8, 4) is 11.3 Å². The third-order valence-corrected chi connectivity index (χ3v) is 3.34. The lowest BCUT2D eigenvalue weighted by atomic mass is 10.2. The number of aliphatic hydroxyl groups is 1. The van der Waals surface area contributed by atoms with Gasteiger partial charge in [-0.15, -0.1) is 0 Å². The molecule has 7 heteroatoms. The van der Waals surface area contributed by atoms with E-state index < -0.39 is 29.7 Å². The summed E-state index contributed by atoms with van der Waals surface area (Å²) in [5, 5.41) is 14.0. The fourth-order valence-electron chi connectivity index (χ4n) is 2.00. The van der Waals surface area contributed by atoms with Crippen LogP contribution in [0.1, 0.15) is 24.4 Å². The smallest absolute Gasteiger partial charge is 0.287 e. The van der Waals surface area contributed by atoms with Crippen LogP contribution in [0.4, 0.5) is 4.39 Å². The summed E-state index contributed by atoms with van der Waals surface area (Å²) in [5.74, 6) is -1.01. The highest BCUT2D eigenvalue weighted by Gasteiger charge is 2.20. The van der Waals surface area contributed by atoms with Crippen LogP contribution in [-0.2, 0) is 4.79 Å². The summed E-state index contributed by atoms with van der Waals surface area (Å²) in [6.45, 7) is 2.97. The van der Waals surface area contributed by atoms with Gasteiger partial charge in [-0.25, -0.2) is 4.39 Å². The number of halogens is 1. The Kier molecular flexibility index (Phi) is 5.70. The van der Waals surface area contributed by atoms with Gasteiger partial charge in [0, 0.05) is 11.6 Å². The quantitative estimate of drug-likeness (QED) is 0.750. The van der Waals surface area contributed by atoms with Crippen molar-refractivity contribution in [1.82, 2.24) is 10.6 Å². The van der Waals surface area contributed by atoms with E-state index in [0.717, 1.165) is 0 Å². The number of benzene rings is 1. The van der Waals surface area contributed by atoms with Crippen LogP contribution in [0.3, 0.4) is 0 Å². The molecule has 0 saturated heterocycles. The number of nitrogens with one attached hydrogen (secondary N) is 2. The molecule has 2 amide bonds. The number of carbonyl (C=O) groups excluding carboxylic acids is 2. The molecule has 1 aromatic heterocycles. The van der Waals surface area contributed by atoms with Crippen molar-refractivity contribution in [3.63, 3.8) is 0 Å². The Morgan fingerprint density at radius 3 is 2.62 bits per heavy atom. The van der Waals surface area contributed by atoms with E-state index >= 15 is 0 Å². The molecule has 3 N–H and O–H groups in total. The van der Waals surface area contributed by atoms with E-state index in [9.17, 15) is 14.0 Å². The van der Waals surface area contributed by atoms with Gasteiger partial charge in [0.15, 0.2) is 5.76 Å². The van der Waals surface area contributed by atoms with Gasteiger partial charge in [-0.2, -0.15) is 0 Å². The van der Waals surface area contributed by atoms with Crippen LogP contribution in [0, 0.1) is 5.82 Å². The van der Waals surface area contributed by atoms with Gasteiger partial charge in [-0.3, -0.25) is 9.59 Å². The number of rotatable bonds is 6. The SMILES string of the molecule is C[C@H](NC(=O)c1ccc(-c2cccc(F)c2)o1)C(=O)N[C@@H](C)CO. The van der Waals surface area contributed by atoms with Crippen LogP contribution in [-0.4, -0.2) is 35.6 Å². The highest BCUT2D eigenvalue weighted by Crippen LogP contribution is 2.22. The lowest BCUT2D eigenvalue weighted by Gasteiger charge is -2.16.